The summed E-state index contributed by atoms with van der Waals surface area (Å²) < 4.78 is 0. The summed E-state index contributed by atoms with van der Waals surface area (Å²) in [4.78, 5) is 4.92. The first-order valence-corrected chi connectivity index (χ1v) is 8.78. The van der Waals surface area contributed by atoms with Crippen LogP contribution in [0.1, 0.15) is 46.0 Å². The molecule has 1 rings (SSSR count). The fourth-order valence-corrected chi connectivity index (χ4v) is 3.48. The summed E-state index contributed by atoms with van der Waals surface area (Å²) in [6.07, 6.45) is 5.90. The molecule has 1 saturated heterocycles. The highest BCUT2D eigenvalue weighted by Gasteiger charge is 2.25. The van der Waals surface area contributed by atoms with Crippen molar-refractivity contribution < 1.29 is 5.11 Å². The molecule has 1 atom stereocenters. The van der Waals surface area contributed by atoms with E-state index in [4.69, 9.17) is 0 Å². The van der Waals surface area contributed by atoms with Crippen molar-refractivity contribution in [2.75, 3.05) is 53.4 Å². The second-order valence-electron chi connectivity index (χ2n) is 6.93. The van der Waals surface area contributed by atoms with Gasteiger partial charge in [0.05, 0.1) is 6.61 Å². The molecule has 1 heterocycles. The van der Waals surface area contributed by atoms with Crippen LogP contribution in [0.4, 0.5) is 0 Å². The van der Waals surface area contributed by atoms with Gasteiger partial charge < -0.3 is 20.2 Å². The molecule has 1 unspecified atom stereocenters. The van der Waals surface area contributed by atoms with Crippen LogP contribution in [0.3, 0.4) is 0 Å². The number of aliphatic hydroxyl groups excluding tert-OH is 1. The SMILES string of the molecule is CCNC(CC)(CO)CCCN(C)CC1CCN(C)CC1. The third-order valence-electron chi connectivity index (χ3n) is 5.13. The Morgan fingerprint density at radius 1 is 1.29 bits per heavy atom. The van der Waals surface area contributed by atoms with Crippen LogP contribution in [0.2, 0.25) is 0 Å². The van der Waals surface area contributed by atoms with Crippen LogP contribution in [-0.2, 0) is 0 Å². The molecule has 0 aromatic carbocycles. The number of rotatable bonds is 10. The maximum atomic E-state index is 9.68. The van der Waals surface area contributed by atoms with Crippen LogP contribution in [-0.4, -0.2) is 73.9 Å². The van der Waals surface area contributed by atoms with E-state index in [2.05, 4.69) is 43.1 Å². The van der Waals surface area contributed by atoms with Gasteiger partial charge in [-0.25, -0.2) is 0 Å². The quantitative estimate of drug-likeness (QED) is 0.645. The minimum absolute atomic E-state index is 0.0663. The van der Waals surface area contributed by atoms with Crippen molar-refractivity contribution >= 4 is 0 Å². The van der Waals surface area contributed by atoms with Crippen molar-refractivity contribution in [1.82, 2.24) is 15.1 Å². The van der Waals surface area contributed by atoms with Crippen LogP contribution in [0.5, 0.6) is 0 Å². The number of nitrogens with zero attached hydrogens (tertiary/aromatic N) is 2. The van der Waals surface area contributed by atoms with E-state index in [0.29, 0.717) is 0 Å². The number of likely N-dealkylation sites (N-methyl/N-ethyl adjacent to an activating group) is 1. The number of aliphatic hydroxyl groups is 1. The van der Waals surface area contributed by atoms with Gasteiger partial charge in [-0.3, -0.25) is 0 Å². The van der Waals surface area contributed by atoms with Gasteiger partial charge in [0.25, 0.3) is 0 Å². The van der Waals surface area contributed by atoms with Crippen LogP contribution in [0.25, 0.3) is 0 Å². The molecule has 1 fully saturated rings. The number of hydrogen-bond acceptors (Lipinski definition) is 4. The molecule has 2 N–H and O–H groups in total. The summed E-state index contributed by atoms with van der Waals surface area (Å²) in [6, 6.07) is 0. The summed E-state index contributed by atoms with van der Waals surface area (Å²) in [5, 5.41) is 13.2. The van der Waals surface area contributed by atoms with Crippen LogP contribution < -0.4 is 5.32 Å². The standard InChI is InChI=1S/C17H37N3O/c1-5-17(15-21,18-6-2)10-7-11-20(4)14-16-8-12-19(3)13-9-16/h16,18,21H,5-15H2,1-4H3. The van der Waals surface area contributed by atoms with E-state index in [-0.39, 0.29) is 12.1 Å². The van der Waals surface area contributed by atoms with Gasteiger partial charge in [0, 0.05) is 12.1 Å². The third-order valence-corrected chi connectivity index (χ3v) is 5.13. The fraction of sp³-hybridized carbons (Fsp3) is 1.00. The topological polar surface area (TPSA) is 38.7 Å². The summed E-state index contributed by atoms with van der Waals surface area (Å²) in [7, 11) is 4.47. The van der Waals surface area contributed by atoms with Crippen molar-refractivity contribution in [3.05, 3.63) is 0 Å². The van der Waals surface area contributed by atoms with Crippen LogP contribution >= 0.6 is 0 Å². The van der Waals surface area contributed by atoms with E-state index in [1.54, 1.807) is 0 Å². The molecule has 4 nitrogen and oxygen atoms in total. The molecule has 0 radical (unpaired) electrons. The van der Waals surface area contributed by atoms with Crippen molar-refractivity contribution in [1.29, 1.82) is 0 Å². The Balaban J connectivity index is 2.24. The van der Waals surface area contributed by atoms with E-state index < -0.39 is 0 Å². The molecule has 0 bridgehead atoms. The molecule has 0 aliphatic carbocycles. The molecular weight excluding hydrogens is 262 g/mol. The molecule has 126 valence electrons. The number of hydrogen-bond donors (Lipinski definition) is 2. The Labute approximate surface area is 131 Å². The van der Waals surface area contributed by atoms with Gasteiger partial charge in [0.1, 0.15) is 0 Å². The van der Waals surface area contributed by atoms with Gasteiger partial charge in [-0.15, -0.1) is 0 Å². The largest absolute Gasteiger partial charge is 0.394 e. The third kappa shape index (κ3) is 6.64. The maximum Gasteiger partial charge on any atom is 0.0613 e. The van der Waals surface area contributed by atoms with Crippen molar-refractivity contribution in [3.63, 3.8) is 0 Å². The zero-order chi connectivity index (χ0) is 15.7. The Kier molecular flexibility index (Phi) is 8.79. The minimum atomic E-state index is -0.0663. The van der Waals surface area contributed by atoms with Gasteiger partial charge in [0.2, 0.25) is 0 Å². The smallest absolute Gasteiger partial charge is 0.0613 e. The Bertz CT molecular complexity index is 261. The molecule has 0 aromatic rings. The molecule has 0 amide bonds. The van der Waals surface area contributed by atoms with Gasteiger partial charge in [-0.1, -0.05) is 13.8 Å². The van der Waals surface area contributed by atoms with E-state index in [9.17, 15) is 5.11 Å². The summed E-state index contributed by atoms with van der Waals surface area (Å²) in [5.74, 6) is 0.869. The molecule has 1 aliphatic rings. The average Bonchev–Trinajstić information content (AvgIpc) is 2.48. The highest BCUT2D eigenvalue weighted by Crippen LogP contribution is 2.19. The summed E-state index contributed by atoms with van der Waals surface area (Å²) in [5.41, 5.74) is -0.0663. The first kappa shape index (κ1) is 18.9. The average molecular weight is 300 g/mol. The lowest BCUT2D eigenvalue weighted by Gasteiger charge is -2.34. The summed E-state index contributed by atoms with van der Waals surface area (Å²) >= 11 is 0. The fourth-order valence-electron chi connectivity index (χ4n) is 3.48. The number of piperidine rings is 1. The lowest BCUT2D eigenvalue weighted by atomic mass is 9.91. The molecule has 1 aliphatic heterocycles. The van der Waals surface area contributed by atoms with E-state index in [0.717, 1.165) is 38.3 Å². The van der Waals surface area contributed by atoms with Crippen molar-refractivity contribution in [3.8, 4) is 0 Å². The first-order chi connectivity index (χ1) is 10.0. The molecule has 0 saturated carbocycles. The maximum absolute atomic E-state index is 9.68. The second-order valence-corrected chi connectivity index (χ2v) is 6.93. The normalized spacial score (nSPS) is 20.9. The van der Waals surface area contributed by atoms with E-state index in [1.807, 2.05) is 0 Å². The molecular formula is C17H37N3O. The minimum Gasteiger partial charge on any atom is -0.394 e. The Morgan fingerprint density at radius 2 is 1.95 bits per heavy atom. The lowest BCUT2D eigenvalue weighted by molar-refractivity contribution is 0.136. The molecule has 0 spiro atoms. The summed E-state index contributed by atoms with van der Waals surface area (Å²) in [6.45, 7) is 10.3. The number of likely N-dealkylation sites (tertiary alicyclic amines) is 1. The monoisotopic (exact) mass is 299 g/mol. The number of nitrogens with one attached hydrogen (secondary N) is 1. The Hall–Kier alpha value is -0.160. The first-order valence-electron chi connectivity index (χ1n) is 8.78. The van der Waals surface area contributed by atoms with Gasteiger partial charge in [-0.05, 0) is 78.3 Å². The van der Waals surface area contributed by atoms with E-state index >= 15 is 0 Å². The Morgan fingerprint density at radius 3 is 2.48 bits per heavy atom. The second kappa shape index (κ2) is 9.78. The predicted octanol–water partition coefficient (Wildman–Crippen LogP) is 1.79. The van der Waals surface area contributed by atoms with Gasteiger partial charge >= 0.3 is 0 Å². The van der Waals surface area contributed by atoms with Gasteiger partial charge in [-0.2, -0.15) is 0 Å². The van der Waals surface area contributed by atoms with Gasteiger partial charge in [0.15, 0.2) is 0 Å². The molecule has 0 aromatic heterocycles. The zero-order valence-electron chi connectivity index (χ0n) is 14.7. The predicted molar refractivity (Wildman–Crippen MR) is 90.7 cm³/mol. The van der Waals surface area contributed by atoms with Crippen LogP contribution in [0.15, 0.2) is 0 Å². The van der Waals surface area contributed by atoms with Crippen molar-refractivity contribution in [2.45, 2.75) is 51.5 Å². The van der Waals surface area contributed by atoms with Crippen LogP contribution in [0, 0.1) is 5.92 Å². The highest BCUT2D eigenvalue weighted by atomic mass is 16.3. The van der Waals surface area contributed by atoms with Crippen molar-refractivity contribution in [2.24, 2.45) is 5.92 Å². The molecule has 4 heteroatoms. The zero-order valence-corrected chi connectivity index (χ0v) is 14.7. The van der Waals surface area contributed by atoms with E-state index in [1.165, 1.54) is 32.5 Å². The lowest BCUT2D eigenvalue weighted by Crippen LogP contribution is -2.48. The molecule has 21 heavy (non-hydrogen) atoms. The highest BCUT2D eigenvalue weighted by molar-refractivity contribution is 4.86.